The van der Waals surface area contributed by atoms with Crippen LogP contribution in [0, 0.1) is 0 Å². The maximum atomic E-state index is 4.44. The molecular formula is C7H16N2S. The van der Waals surface area contributed by atoms with Gasteiger partial charge in [-0.2, -0.15) is 12.6 Å². The zero-order valence-electron chi connectivity index (χ0n) is 6.75. The molecule has 1 fully saturated rings. The first-order valence-electron chi connectivity index (χ1n) is 3.95. The van der Waals surface area contributed by atoms with Crippen LogP contribution in [0.2, 0.25) is 0 Å². The van der Waals surface area contributed by atoms with Crippen LogP contribution in [0.1, 0.15) is 13.8 Å². The predicted octanol–water partition coefficient (Wildman–Crippen LogP) is 0.857. The molecule has 0 saturated carbocycles. The minimum absolute atomic E-state index is 0.555. The molecule has 0 unspecified atom stereocenters. The third kappa shape index (κ3) is 1.65. The van der Waals surface area contributed by atoms with Crippen molar-refractivity contribution in [1.82, 2.24) is 10.0 Å². The highest BCUT2D eigenvalue weighted by Crippen LogP contribution is 2.13. The van der Waals surface area contributed by atoms with E-state index in [2.05, 4.69) is 36.5 Å². The van der Waals surface area contributed by atoms with Crippen molar-refractivity contribution in [2.75, 3.05) is 26.2 Å². The van der Waals surface area contributed by atoms with Gasteiger partial charge in [-0.1, -0.05) is 13.8 Å². The second kappa shape index (κ2) is 3.60. The Labute approximate surface area is 68.6 Å². The van der Waals surface area contributed by atoms with E-state index in [0.717, 1.165) is 26.2 Å². The van der Waals surface area contributed by atoms with E-state index in [1.807, 2.05) is 0 Å². The second-order valence-electron chi connectivity index (χ2n) is 2.66. The summed E-state index contributed by atoms with van der Waals surface area (Å²) in [6.07, 6.45) is 0. The van der Waals surface area contributed by atoms with Crippen molar-refractivity contribution in [2.45, 2.75) is 19.1 Å². The Morgan fingerprint density at radius 3 is 1.90 bits per heavy atom. The van der Waals surface area contributed by atoms with Crippen molar-refractivity contribution in [1.29, 1.82) is 0 Å². The van der Waals surface area contributed by atoms with Gasteiger partial charge < -0.3 is 0 Å². The first kappa shape index (κ1) is 8.37. The molecular weight excluding hydrogens is 144 g/mol. The summed E-state index contributed by atoms with van der Waals surface area (Å²) in [7, 11) is 0. The number of hydrogen-bond donors (Lipinski definition) is 1. The maximum Gasteiger partial charge on any atom is 0.0300 e. The van der Waals surface area contributed by atoms with Crippen molar-refractivity contribution in [3.8, 4) is 0 Å². The zero-order valence-corrected chi connectivity index (χ0v) is 7.64. The summed E-state index contributed by atoms with van der Waals surface area (Å²) in [6.45, 7) is 8.85. The summed E-state index contributed by atoms with van der Waals surface area (Å²) in [6, 6.07) is 0. The van der Waals surface area contributed by atoms with Gasteiger partial charge in [-0.3, -0.25) is 0 Å². The van der Waals surface area contributed by atoms with Gasteiger partial charge in [-0.05, 0) is 0 Å². The van der Waals surface area contributed by atoms with E-state index >= 15 is 0 Å². The Balaban J connectivity index is 2.41. The molecule has 1 rings (SSSR count). The summed E-state index contributed by atoms with van der Waals surface area (Å²) >= 11 is 4.44. The Kier molecular flexibility index (Phi) is 3.01. The first-order chi connectivity index (χ1) is 4.77. The van der Waals surface area contributed by atoms with Gasteiger partial charge in [0.15, 0.2) is 0 Å². The van der Waals surface area contributed by atoms with Crippen LogP contribution in [0.5, 0.6) is 0 Å². The van der Waals surface area contributed by atoms with Crippen molar-refractivity contribution in [2.24, 2.45) is 0 Å². The average molecular weight is 160 g/mol. The van der Waals surface area contributed by atoms with E-state index < -0.39 is 0 Å². The lowest BCUT2D eigenvalue weighted by Crippen LogP contribution is -2.35. The number of hydrogen-bond acceptors (Lipinski definition) is 3. The van der Waals surface area contributed by atoms with Crippen molar-refractivity contribution in [3.63, 3.8) is 0 Å². The lowest BCUT2D eigenvalue weighted by molar-refractivity contribution is 0.0388. The quantitative estimate of drug-likeness (QED) is 0.599. The summed E-state index contributed by atoms with van der Waals surface area (Å²) in [5, 5.41) is 5.27. The highest BCUT2D eigenvalue weighted by molar-refractivity contribution is 7.81. The maximum absolute atomic E-state index is 4.44. The summed E-state index contributed by atoms with van der Waals surface area (Å²) in [5.41, 5.74) is 0. The van der Waals surface area contributed by atoms with Gasteiger partial charge in [0, 0.05) is 31.4 Å². The molecule has 0 aromatic carbocycles. The molecule has 3 heteroatoms. The largest absolute Gasteiger partial charge is 0.241 e. The fourth-order valence-corrected chi connectivity index (χ4v) is 1.81. The molecule has 2 nitrogen and oxygen atoms in total. The van der Waals surface area contributed by atoms with Crippen LogP contribution in [-0.2, 0) is 0 Å². The highest BCUT2D eigenvalue weighted by Gasteiger charge is 2.24. The normalized spacial score (nSPS) is 24.3. The van der Waals surface area contributed by atoms with E-state index in [9.17, 15) is 0 Å². The number of rotatable bonds is 2. The number of hydrazine groups is 1. The second-order valence-corrected chi connectivity index (χ2v) is 3.39. The Morgan fingerprint density at radius 2 is 1.60 bits per heavy atom. The Hall–Kier alpha value is 0.270. The average Bonchev–Trinajstić information content (AvgIpc) is 2.30. The smallest absolute Gasteiger partial charge is 0.0300 e. The van der Waals surface area contributed by atoms with Crippen LogP contribution in [-0.4, -0.2) is 41.4 Å². The monoisotopic (exact) mass is 160 g/mol. The molecule has 0 amide bonds. The summed E-state index contributed by atoms with van der Waals surface area (Å²) in [5.74, 6) is 0. The molecule has 0 bridgehead atoms. The molecule has 0 aromatic rings. The summed E-state index contributed by atoms with van der Waals surface area (Å²) < 4.78 is 0. The summed E-state index contributed by atoms with van der Waals surface area (Å²) in [4.78, 5) is 0. The van der Waals surface area contributed by atoms with Gasteiger partial charge in [-0.15, -0.1) is 0 Å². The molecule has 0 spiro atoms. The first-order valence-corrected chi connectivity index (χ1v) is 4.47. The minimum Gasteiger partial charge on any atom is -0.241 e. The third-order valence-corrected chi connectivity index (χ3v) is 2.30. The molecule has 1 saturated heterocycles. The standard InChI is InChI=1S/C7H16N2S/c1-3-8-5-7(10)6-9(8)4-2/h7,10H,3-6H2,1-2H3. The van der Waals surface area contributed by atoms with Crippen LogP contribution in [0.3, 0.4) is 0 Å². The van der Waals surface area contributed by atoms with Crippen molar-refractivity contribution < 1.29 is 0 Å². The molecule has 0 radical (unpaired) electrons. The van der Waals surface area contributed by atoms with Gasteiger partial charge in [0.2, 0.25) is 0 Å². The molecule has 10 heavy (non-hydrogen) atoms. The molecule has 0 aromatic heterocycles. The fourth-order valence-electron chi connectivity index (χ4n) is 1.43. The van der Waals surface area contributed by atoms with Crippen LogP contribution < -0.4 is 0 Å². The molecule has 1 heterocycles. The van der Waals surface area contributed by atoms with Crippen LogP contribution in [0.25, 0.3) is 0 Å². The van der Waals surface area contributed by atoms with Gasteiger partial charge in [0.05, 0.1) is 0 Å². The third-order valence-electron chi connectivity index (χ3n) is 1.97. The zero-order chi connectivity index (χ0) is 7.56. The van der Waals surface area contributed by atoms with Gasteiger partial charge in [-0.25, -0.2) is 10.0 Å². The van der Waals surface area contributed by atoms with E-state index in [4.69, 9.17) is 0 Å². The van der Waals surface area contributed by atoms with E-state index in [0.29, 0.717) is 5.25 Å². The lowest BCUT2D eigenvalue weighted by Gasteiger charge is -2.24. The highest BCUT2D eigenvalue weighted by atomic mass is 32.1. The Morgan fingerprint density at radius 1 is 1.20 bits per heavy atom. The van der Waals surface area contributed by atoms with E-state index in [1.165, 1.54) is 0 Å². The lowest BCUT2D eigenvalue weighted by atomic mass is 10.4. The predicted molar refractivity (Wildman–Crippen MR) is 47.3 cm³/mol. The van der Waals surface area contributed by atoms with Crippen molar-refractivity contribution in [3.05, 3.63) is 0 Å². The SMILES string of the molecule is CCN1CC(S)CN1CC. The van der Waals surface area contributed by atoms with Crippen LogP contribution in [0.15, 0.2) is 0 Å². The Bertz CT molecular complexity index is 95.8. The molecule has 60 valence electrons. The molecule has 1 aliphatic rings. The van der Waals surface area contributed by atoms with Gasteiger partial charge in [0.1, 0.15) is 0 Å². The fraction of sp³-hybridized carbons (Fsp3) is 1.00. The van der Waals surface area contributed by atoms with E-state index in [1.54, 1.807) is 0 Å². The number of thiol groups is 1. The minimum atomic E-state index is 0.555. The molecule has 0 N–H and O–H groups in total. The van der Waals surface area contributed by atoms with Crippen LogP contribution in [0.4, 0.5) is 0 Å². The molecule has 0 aliphatic carbocycles. The van der Waals surface area contributed by atoms with Gasteiger partial charge >= 0.3 is 0 Å². The molecule has 0 atom stereocenters. The van der Waals surface area contributed by atoms with Crippen LogP contribution >= 0.6 is 12.6 Å². The van der Waals surface area contributed by atoms with Crippen molar-refractivity contribution >= 4 is 12.6 Å². The topological polar surface area (TPSA) is 6.48 Å². The molecule has 1 aliphatic heterocycles. The van der Waals surface area contributed by atoms with Gasteiger partial charge in [0.25, 0.3) is 0 Å². The number of nitrogens with zero attached hydrogens (tertiary/aromatic N) is 2. The van der Waals surface area contributed by atoms with E-state index in [-0.39, 0.29) is 0 Å².